The molecule has 0 aromatic heterocycles. The Morgan fingerprint density at radius 3 is 2.14 bits per heavy atom. The highest BCUT2D eigenvalue weighted by atomic mass is 16.2. The van der Waals surface area contributed by atoms with Gasteiger partial charge in [-0.2, -0.15) is 0 Å². The summed E-state index contributed by atoms with van der Waals surface area (Å²) >= 11 is 0. The van der Waals surface area contributed by atoms with Gasteiger partial charge in [0.25, 0.3) is 0 Å². The summed E-state index contributed by atoms with van der Waals surface area (Å²) in [5.74, 6) is 0.226. The molecule has 0 atom stereocenters. The first kappa shape index (κ1) is 20.1. The van der Waals surface area contributed by atoms with Crippen molar-refractivity contribution in [3.8, 4) is 0 Å². The molecule has 1 aliphatic carbocycles. The summed E-state index contributed by atoms with van der Waals surface area (Å²) in [6.45, 7) is 8.39. The molecular formula is C25H33N3O. The normalized spacial score (nSPS) is 19.1. The van der Waals surface area contributed by atoms with Gasteiger partial charge in [0.05, 0.1) is 0 Å². The number of rotatable bonds is 8. The number of carbonyl (C=O) groups is 1. The standard InChI is InChI=1S/C25H33N3O/c1-2-24(29)28(23-11-7-4-8-12-23)21-25(14-15-25)27-19-17-26(18-20-27)16-13-22-9-5-3-6-10-22/h3-12H,2,13-21H2,1H3. The van der Waals surface area contributed by atoms with E-state index in [1.54, 1.807) is 0 Å². The molecule has 0 radical (unpaired) electrons. The molecule has 1 amide bonds. The minimum Gasteiger partial charge on any atom is -0.311 e. The van der Waals surface area contributed by atoms with Crippen LogP contribution in [0.25, 0.3) is 0 Å². The lowest BCUT2D eigenvalue weighted by Gasteiger charge is -2.41. The van der Waals surface area contributed by atoms with Gasteiger partial charge in [0, 0.05) is 56.9 Å². The first-order valence-electron chi connectivity index (χ1n) is 11.1. The van der Waals surface area contributed by atoms with Crippen LogP contribution in [0.3, 0.4) is 0 Å². The largest absolute Gasteiger partial charge is 0.311 e. The van der Waals surface area contributed by atoms with Crippen molar-refractivity contribution in [1.82, 2.24) is 9.80 Å². The van der Waals surface area contributed by atoms with Crippen LogP contribution < -0.4 is 4.90 Å². The predicted octanol–water partition coefficient (Wildman–Crippen LogP) is 3.82. The Labute approximate surface area is 175 Å². The highest BCUT2D eigenvalue weighted by Gasteiger charge is 2.50. The molecule has 2 aromatic rings. The zero-order valence-corrected chi connectivity index (χ0v) is 17.6. The monoisotopic (exact) mass is 391 g/mol. The van der Waals surface area contributed by atoms with E-state index >= 15 is 0 Å². The van der Waals surface area contributed by atoms with Crippen LogP contribution >= 0.6 is 0 Å². The number of para-hydroxylation sites is 1. The first-order chi connectivity index (χ1) is 14.2. The van der Waals surface area contributed by atoms with Crippen LogP contribution in [0, 0.1) is 0 Å². The van der Waals surface area contributed by atoms with E-state index in [-0.39, 0.29) is 11.4 Å². The highest BCUT2D eigenvalue weighted by Crippen LogP contribution is 2.43. The average molecular weight is 392 g/mol. The second-order valence-electron chi connectivity index (χ2n) is 8.46. The van der Waals surface area contributed by atoms with Crippen molar-refractivity contribution in [3.05, 3.63) is 66.2 Å². The van der Waals surface area contributed by atoms with Crippen molar-refractivity contribution in [2.75, 3.05) is 44.2 Å². The molecule has 1 saturated heterocycles. The minimum absolute atomic E-state index is 0.187. The zero-order chi connectivity index (χ0) is 20.1. The van der Waals surface area contributed by atoms with Crippen molar-refractivity contribution >= 4 is 11.6 Å². The van der Waals surface area contributed by atoms with Crippen molar-refractivity contribution in [2.45, 2.75) is 38.1 Å². The number of amides is 1. The second kappa shape index (κ2) is 9.10. The molecule has 2 aliphatic rings. The molecular weight excluding hydrogens is 358 g/mol. The van der Waals surface area contributed by atoms with Gasteiger partial charge in [-0.25, -0.2) is 0 Å². The second-order valence-corrected chi connectivity index (χ2v) is 8.46. The Morgan fingerprint density at radius 2 is 1.55 bits per heavy atom. The van der Waals surface area contributed by atoms with Crippen LogP contribution in [-0.4, -0.2) is 60.5 Å². The van der Waals surface area contributed by atoms with Crippen LogP contribution in [0.15, 0.2) is 60.7 Å². The van der Waals surface area contributed by atoms with Crippen LogP contribution in [-0.2, 0) is 11.2 Å². The van der Waals surface area contributed by atoms with Gasteiger partial charge >= 0.3 is 0 Å². The van der Waals surface area contributed by atoms with Gasteiger partial charge in [-0.1, -0.05) is 55.5 Å². The van der Waals surface area contributed by atoms with Crippen molar-refractivity contribution in [2.24, 2.45) is 0 Å². The summed E-state index contributed by atoms with van der Waals surface area (Å²) in [6.07, 6.45) is 4.09. The number of hydrogen-bond donors (Lipinski definition) is 0. The quantitative estimate of drug-likeness (QED) is 0.684. The van der Waals surface area contributed by atoms with Crippen LogP contribution in [0.4, 0.5) is 5.69 Å². The number of hydrogen-bond acceptors (Lipinski definition) is 3. The average Bonchev–Trinajstić information content (AvgIpc) is 3.58. The van der Waals surface area contributed by atoms with E-state index in [4.69, 9.17) is 0 Å². The van der Waals surface area contributed by atoms with E-state index in [0.29, 0.717) is 6.42 Å². The van der Waals surface area contributed by atoms with Crippen molar-refractivity contribution in [3.63, 3.8) is 0 Å². The molecule has 1 heterocycles. The molecule has 4 heteroatoms. The lowest BCUT2D eigenvalue weighted by Crippen LogP contribution is -2.55. The molecule has 29 heavy (non-hydrogen) atoms. The summed E-state index contributed by atoms with van der Waals surface area (Å²) in [5.41, 5.74) is 2.64. The maximum absolute atomic E-state index is 12.7. The Hall–Kier alpha value is -2.17. The number of nitrogens with zero attached hydrogens (tertiary/aromatic N) is 3. The molecule has 0 spiro atoms. The van der Waals surface area contributed by atoms with Gasteiger partial charge in [-0.3, -0.25) is 9.69 Å². The van der Waals surface area contributed by atoms with Crippen molar-refractivity contribution in [1.29, 1.82) is 0 Å². The predicted molar refractivity (Wildman–Crippen MR) is 119 cm³/mol. The topological polar surface area (TPSA) is 26.8 Å². The Balaban J connectivity index is 1.33. The first-order valence-corrected chi connectivity index (χ1v) is 11.1. The Bertz CT molecular complexity index is 780. The molecule has 0 N–H and O–H groups in total. The maximum Gasteiger partial charge on any atom is 0.226 e. The molecule has 154 valence electrons. The maximum atomic E-state index is 12.7. The molecule has 4 nitrogen and oxygen atoms in total. The summed E-state index contributed by atoms with van der Waals surface area (Å²) in [7, 11) is 0. The number of piperazine rings is 1. The van der Waals surface area contributed by atoms with Crippen LogP contribution in [0.2, 0.25) is 0 Å². The van der Waals surface area contributed by atoms with E-state index in [1.807, 2.05) is 30.0 Å². The molecule has 4 rings (SSSR count). The SMILES string of the molecule is CCC(=O)N(CC1(N2CCN(CCc3ccccc3)CC2)CC1)c1ccccc1. The summed E-state index contributed by atoms with van der Waals surface area (Å²) in [6, 6.07) is 21.0. The number of anilines is 1. The van der Waals surface area contributed by atoms with E-state index < -0.39 is 0 Å². The zero-order valence-electron chi connectivity index (χ0n) is 17.6. The lowest BCUT2D eigenvalue weighted by molar-refractivity contribution is -0.118. The fraction of sp³-hybridized carbons (Fsp3) is 0.480. The summed E-state index contributed by atoms with van der Waals surface area (Å²) in [5, 5.41) is 0. The van der Waals surface area contributed by atoms with Gasteiger partial charge in [-0.05, 0) is 37.0 Å². The number of benzene rings is 2. The van der Waals surface area contributed by atoms with Crippen LogP contribution in [0.5, 0.6) is 0 Å². The van der Waals surface area contributed by atoms with E-state index in [2.05, 4.69) is 52.3 Å². The third-order valence-electron chi connectivity index (χ3n) is 6.55. The third-order valence-corrected chi connectivity index (χ3v) is 6.55. The van der Waals surface area contributed by atoms with Gasteiger partial charge in [-0.15, -0.1) is 0 Å². The lowest BCUT2D eigenvalue weighted by atomic mass is 10.1. The molecule has 2 fully saturated rings. The van der Waals surface area contributed by atoms with Crippen molar-refractivity contribution < 1.29 is 4.79 Å². The third kappa shape index (κ3) is 4.88. The summed E-state index contributed by atoms with van der Waals surface area (Å²) in [4.78, 5) is 19.9. The van der Waals surface area contributed by atoms with Gasteiger partial charge < -0.3 is 9.80 Å². The smallest absolute Gasteiger partial charge is 0.226 e. The fourth-order valence-corrected chi connectivity index (χ4v) is 4.51. The van der Waals surface area contributed by atoms with Gasteiger partial charge in [0.15, 0.2) is 0 Å². The van der Waals surface area contributed by atoms with E-state index in [9.17, 15) is 4.79 Å². The van der Waals surface area contributed by atoms with Gasteiger partial charge in [0.2, 0.25) is 5.91 Å². The highest BCUT2D eigenvalue weighted by molar-refractivity contribution is 5.93. The molecule has 1 saturated carbocycles. The number of carbonyl (C=O) groups excluding carboxylic acids is 1. The Kier molecular flexibility index (Phi) is 6.31. The fourth-order valence-electron chi connectivity index (χ4n) is 4.51. The summed E-state index contributed by atoms with van der Waals surface area (Å²) < 4.78 is 0. The molecule has 2 aromatic carbocycles. The van der Waals surface area contributed by atoms with Crippen LogP contribution in [0.1, 0.15) is 31.7 Å². The minimum atomic E-state index is 0.187. The van der Waals surface area contributed by atoms with E-state index in [0.717, 1.165) is 51.4 Å². The molecule has 0 unspecified atom stereocenters. The molecule has 0 bridgehead atoms. The van der Waals surface area contributed by atoms with E-state index in [1.165, 1.54) is 18.4 Å². The molecule has 1 aliphatic heterocycles. The Morgan fingerprint density at radius 1 is 0.931 bits per heavy atom. The van der Waals surface area contributed by atoms with Gasteiger partial charge in [0.1, 0.15) is 0 Å².